The fourth-order valence-corrected chi connectivity index (χ4v) is 2.58. The van der Waals surface area contributed by atoms with Crippen LogP contribution in [0.4, 0.5) is 0 Å². The summed E-state index contributed by atoms with van der Waals surface area (Å²) in [4.78, 5) is 2.43. The van der Waals surface area contributed by atoms with E-state index in [1.807, 2.05) is 0 Å². The Morgan fingerprint density at radius 3 is 2.30 bits per heavy atom. The van der Waals surface area contributed by atoms with Gasteiger partial charge in [0.25, 0.3) is 0 Å². The maximum atomic E-state index is 5.67. The zero-order valence-electron chi connectivity index (χ0n) is 13.6. The van der Waals surface area contributed by atoms with Crippen molar-refractivity contribution in [2.24, 2.45) is 5.41 Å². The standard InChI is InChI=1S/C15H32N2O3/c1-14(2)16-11-15(5-8-20-13-15)12-17(6-9-18-3)7-10-19-4/h14,16H,5-13H2,1-4H3. The van der Waals surface area contributed by atoms with E-state index in [-0.39, 0.29) is 5.41 Å². The molecule has 1 saturated heterocycles. The van der Waals surface area contributed by atoms with Crippen molar-refractivity contribution in [3.8, 4) is 0 Å². The molecule has 0 aromatic rings. The Morgan fingerprint density at radius 2 is 1.85 bits per heavy atom. The second-order valence-corrected chi connectivity index (χ2v) is 6.10. The van der Waals surface area contributed by atoms with E-state index >= 15 is 0 Å². The van der Waals surface area contributed by atoms with Crippen LogP contribution >= 0.6 is 0 Å². The van der Waals surface area contributed by atoms with Gasteiger partial charge >= 0.3 is 0 Å². The van der Waals surface area contributed by atoms with Crippen molar-refractivity contribution < 1.29 is 14.2 Å². The smallest absolute Gasteiger partial charge is 0.0589 e. The predicted molar refractivity (Wildman–Crippen MR) is 81.2 cm³/mol. The molecule has 1 heterocycles. The number of hydrogen-bond donors (Lipinski definition) is 1. The minimum atomic E-state index is 0.228. The minimum absolute atomic E-state index is 0.228. The molecule has 1 aliphatic heterocycles. The molecular formula is C15H32N2O3. The first-order chi connectivity index (χ1) is 9.62. The van der Waals surface area contributed by atoms with Crippen LogP contribution in [0.2, 0.25) is 0 Å². The average Bonchev–Trinajstić information content (AvgIpc) is 2.89. The summed E-state index contributed by atoms with van der Waals surface area (Å²) < 4.78 is 16.1. The average molecular weight is 288 g/mol. The van der Waals surface area contributed by atoms with E-state index in [4.69, 9.17) is 14.2 Å². The molecule has 1 N–H and O–H groups in total. The third-order valence-corrected chi connectivity index (χ3v) is 3.85. The van der Waals surface area contributed by atoms with Gasteiger partial charge in [0.05, 0.1) is 19.8 Å². The Hall–Kier alpha value is -0.200. The summed E-state index contributed by atoms with van der Waals surface area (Å²) >= 11 is 0. The molecule has 1 aliphatic rings. The first-order valence-corrected chi connectivity index (χ1v) is 7.63. The van der Waals surface area contributed by atoms with E-state index in [0.717, 1.165) is 59.0 Å². The van der Waals surface area contributed by atoms with Gasteiger partial charge in [0.1, 0.15) is 0 Å². The summed E-state index contributed by atoms with van der Waals surface area (Å²) in [6.45, 7) is 11.6. The largest absolute Gasteiger partial charge is 0.383 e. The molecular weight excluding hydrogens is 256 g/mol. The summed E-state index contributed by atoms with van der Waals surface area (Å²) in [6.07, 6.45) is 1.13. The number of rotatable bonds is 11. The summed E-state index contributed by atoms with van der Waals surface area (Å²) in [5, 5.41) is 3.58. The first-order valence-electron chi connectivity index (χ1n) is 7.63. The van der Waals surface area contributed by atoms with Crippen LogP contribution in [0.15, 0.2) is 0 Å². The normalized spacial score (nSPS) is 23.1. The fraction of sp³-hybridized carbons (Fsp3) is 1.00. The van der Waals surface area contributed by atoms with Crippen LogP contribution in [0.3, 0.4) is 0 Å². The Balaban J connectivity index is 2.54. The van der Waals surface area contributed by atoms with Crippen LogP contribution in [0.5, 0.6) is 0 Å². The van der Waals surface area contributed by atoms with Crippen molar-refractivity contribution in [3.63, 3.8) is 0 Å². The summed E-state index contributed by atoms with van der Waals surface area (Å²) in [7, 11) is 3.51. The molecule has 0 spiro atoms. The van der Waals surface area contributed by atoms with Gasteiger partial charge in [0.15, 0.2) is 0 Å². The van der Waals surface area contributed by atoms with Gasteiger partial charge in [-0.15, -0.1) is 0 Å². The lowest BCUT2D eigenvalue weighted by Crippen LogP contribution is -2.47. The van der Waals surface area contributed by atoms with E-state index in [2.05, 4.69) is 24.1 Å². The molecule has 1 rings (SSSR count). The lowest BCUT2D eigenvalue weighted by Gasteiger charge is -2.35. The molecule has 120 valence electrons. The molecule has 20 heavy (non-hydrogen) atoms. The Labute approximate surface area is 123 Å². The third-order valence-electron chi connectivity index (χ3n) is 3.85. The maximum Gasteiger partial charge on any atom is 0.0589 e. The second-order valence-electron chi connectivity index (χ2n) is 6.10. The van der Waals surface area contributed by atoms with Crippen molar-refractivity contribution >= 4 is 0 Å². The molecule has 5 nitrogen and oxygen atoms in total. The van der Waals surface area contributed by atoms with Gasteiger partial charge in [-0.25, -0.2) is 0 Å². The number of ether oxygens (including phenoxy) is 3. The molecule has 0 aromatic carbocycles. The molecule has 0 aromatic heterocycles. The first kappa shape index (κ1) is 17.9. The van der Waals surface area contributed by atoms with Crippen molar-refractivity contribution in [2.75, 3.05) is 66.8 Å². The third kappa shape index (κ3) is 6.50. The van der Waals surface area contributed by atoms with E-state index in [1.54, 1.807) is 14.2 Å². The minimum Gasteiger partial charge on any atom is -0.383 e. The number of methoxy groups -OCH3 is 2. The van der Waals surface area contributed by atoms with Crippen LogP contribution in [0, 0.1) is 5.41 Å². The summed E-state index contributed by atoms with van der Waals surface area (Å²) in [6, 6.07) is 0.513. The molecule has 0 aliphatic carbocycles. The van der Waals surface area contributed by atoms with Gasteiger partial charge in [-0.1, -0.05) is 13.8 Å². The maximum absolute atomic E-state index is 5.67. The van der Waals surface area contributed by atoms with Crippen LogP contribution in [-0.4, -0.2) is 77.8 Å². The molecule has 0 amide bonds. The zero-order chi connectivity index (χ0) is 14.8. The highest BCUT2D eigenvalue weighted by Crippen LogP contribution is 2.29. The summed E-state index contributed by atoms with van der Waals surface area (Å²) in [5.74, 6) is 0. The van der Waals surface area contributed by atoms with Crippen LogP contribution in [0.25, 0.3) is 0 Å². The number of nitrogens with zero attached hydrogens (tertiary/aromatic N) is 1. The van der Waals surface area contributed by atoms with Gasteiger partial charge in [0.2, 0.25) is 0 Å². The van der Waals surface area contributed by atoms with Crippen LogP contribution in [-0.2, 0) is 14.2 Å². The Kier molecular flexibility index (Phi) is 8.64. The van der Waals surface area contributed by atoms with Gasteiger partial charge in [-0.3, -0.25) is 4.90 Å². The fourth-order valence-electron chi connectivity index (χ4n) is 2.58. The topological polar surface area (TPSA) is 43.0 Å². The molecule has 1 atom stereocenters. The van der Waals surface area contributed by atoms with Crippen LogP contribution < -0.4 is 5.32 Å². The highest BCUT2D eigenvalue weighted by atomic mass is 16.5. The number of hydrogen-bond acceptors (Lipinski definition) is 5. The van der Waals surface area contributed by atoms with E-state index < -0.39 is 0 Å². The lowest BCUT2D eigenvalue weighted by molar-refractivity contribution is 0.0676. The Bertz CT molecular complexity index is 235. The Morgan fingerprint density at radius 1 is 1.20 bits per heavy atom. The molecule has 1 fully saturated rings. The van der Waals surface area contributed by atoms with Crippen molar-refractivity contribution in [3.05, 3.63) is 0 Å². The van der Waals surface area contributed by atoms with Gasteiger partial charge in [0, 0.05) is 58.5 Å². The second kappa shape index (κ2) is 9.68. The zero-order valence-corrected chi connectivity index (χ0v) is 13.6. The molecule has 0 saturated carbocycles. The quantitative estimate of drug-likeness (QED) is 0.614. The lowest BCUT2D eigenvalue weighted by atomic mass is 9.86. The highest BCUT2D eigenvalue weighted by molar-refractivity contribution is 4.89. The monoisotopic (exact) mass is 288 g/mol. The molecule has 1 unspecified atom stereocenters. The van der Waals surface area contributed by atoms with Crippen molar-refractivity contribution in [1.82, 2.24) is 10.2 Å². The SMILES string of the molecule is COCCN(CCOC)CC1(CNC(C)C)CCOC1. The van der Waals surface area contributed by atoms with Crippen molar-refractivity contribution in [2.45, 2.75) is 26.3 Å². The molecule has 0 radical (unpaired) electrons. The highest BCUT2D eigenvalue weighted by Gasteiger charge is 2.36. The van der Waals surface area contributed by atoms with E-state index in [0.29, 0.717) is 6.04 Å². The van der Waals surface area contributed by atoms with Gasteiger partial charge < -0.3 is 19.5 Å². The van der Waals surface area contributed by atoms with E-state index in [9.17, 15) is 0 Å². The van der Waals surface area contributed by atoms with Crippen molar-refractivity contribution in [1.29, 1.82) is 0 Å². The summed E-state index contributed by atoms with van der Waals surface area (Å²) in [5.41, 5.74) is 0.228. The predicted octanol–water partition coefficient (Wildman–Crippen LogP) is 0.986. The van der Waals surface area contributed by atoms with Crippen LogP contribution in [0.1, 0.15) is 20.3 Å². The molecule has 0 bridgehead atoms. The van der Waals surface area contributed by atoms with E-state index in [1.165, 1.54) is 0 Å². The molecule has 5 heteroatoms. The number of nitrogens with one attached hydrogen (secondary N) is 1. The van der Waals surface area contributed by atoms with Gasteiger partial charge in [-0.05, 0) is 6.42 Å². The van der Waals surface area contributed by atoms with Gasteiger partial charge in [-0.2, -0.15) is 0 Å².